The van der Waals surface area contributed by atoms with Gasteiger partial charge in [0.05, 0.1) is 17.4 Å². The molecule has 1 fully saturated rings. The molecule has 0 bridgehead atoms. The second-order valence-electron chi connectivity index (χ2n) is 4.33. The van der Waals surface area contributed by atoms with Crippen molar-refractivity contribution in [1.82, 2.24) is 4.98 Å². The van der Waals surface area contributed by atoms with Crippen molar-refractivity contribution in [2.75, 3.05) is 25.1 Å². The molecule has 1 aromatic heterocycles. The van der Waals surface area contributed by atoms with Gasteiger partial charge < -0.3 is 10.1 Å². The predicted molar refractivity (Wildman–Crippen MR) is 65.6 cm³/mol. The highest BCUT2D eigenvalue weighted by molar-refractivity contribution is 5.55. The number of nitrogens with zero attached hydrogens (tertiary/aromatic N) is 2. The molecule has 90 valence electrons. The molecule has 0 spiro atoms. The van der Waals surface area contributed by atoms with E-state index in [-0.39, 0.29) is 0 Å². The summed E-state index contributed by atoms with van der Waals surface area (Å²) in [5.41, 5.74) is 1.44. The molecule has 4 heteroatoms. The number of nitrogens with one attached hydrogen (secondary N) is 1. The summed E-state index contributed by atoms with van der Waals surface area (Å²) in [5, 5.41) is 12.1. The molecule has 0 unspecified atom stereocenters. The van der Waals surface area contributed by atoms with Crippen molar-refractivity contribution < 1.29 is 4.74 Å². The second-order valence-corrected chi connectivity index (χ2v) is 4.33. The molecule has 0 saturated heterocycles. The third-order valence-corrected chi connectivity index (χ3v) is 2.77. The predicted octanol–water partition coefficient (Wildman–Crippen LogP) is 2.18. The van der Waals surface area contributed by atoms with Crippen molar-refractivity contribution in [2.45, 2.75) is 19.3 Å². The van der Waals surface area contributed by atoms with Gasteiger partial charge in [0.1, 0.15) is 6.07 Å². The second kappa shape index (κ2) is 6.21. The zero-order valence-electron chi connectivity index (χ0n) is 9.85. The Balaban J connectivity index is 1.61. The molecule has 4 nitrogen and oxygen atoms in total. The zero-order chi connectivity index (χ0) is 11.9. The smallest absolute Gasteiger partial charge is 0.101 e. The number of hydrogen-bond donors (Lipinski definition) is 1. The van der Waals surface area contributed by atoms with Crippen LogP contribution in [0.4, 0.5) is 5.69 Å². The van der Waals surface area contributed by atoms with E-state index in [1.807, 2.05) is 0 Å². The Morgan fingerprint density at radius 1 is 1.53 bits per heavy atom. The molecule has 0 aliphatic heterocycles. The lowest BCUT2D eigenvalue weighted by molar-refractivity contribution is 0.124. The van der Waals surface area contributed by atoms with Crippen LogP contribution in [0.15, 0.2) is 18.5 Å². The van der Waals surface area contributed by atoms with Crippen LogP contribution in [0.1, 0.15) is 24.8 Å². The van der Waals surface area contributed by atoms with E-state index in [2.05, 4.69) is 16.4 Å². The molecule has 1 aliphatic carbocycles. The van der Waals surface area contributed by atoms with Crippen LogP contribution < -0.4 is 5.32 Å². The molecule has 0 radical (unpaired) electrons. The summed E-state index contributed by atoms with van der Waals surface area (Å²) in [4.78, 5) is 3.99. The van der Waals surface area contributed by atoms with Crippen LogP contribution >= 0.6 is 0 Å². The zero-order valence-corrected chi connectivity index (χ0v) is 9.85. The average molecular weight is 231 g/mol. The topological polar surface area (TPSA) is 57.9 Å². The van der Waals surface area contributed by atoms with Gasteiger partial charge in [-0.05, 0) is 31.2 Å². The first-order valence-corrected chi connectivity index (χ1v) is 6.06. The maximum Gasteiger partial charge on any atom is 0.101 e. The average Bonchev–Trinajstić information content (AvgIpc) is 3.18. The van der Waals surface area contributed by atoms with E-state index in [4.69, 9.17) is 10.00 Å². The van der Waals surface area contributed by atoms with Crippen molar-refractivity contribution >= 4 is 5.69 Å². The van der Waals surface area contributed by atoms with E-state index in [9.17, 15) is 0 Å². The lowest BCUT2D eigenvalue weighted by Crippen LogP contribution is -2.08. The Bertz CT molecular complexity index is 396. The highest BCUT2D eigenvalue weighted by atomic mass is 16.5. The Kier molecular flexibility index (Phi) is 4.34. The lowest BCUT2D eigenvalue weighted by Gasteiger charge is -2.07. The first-order chi connectivity index (χ1) is 8.40. The highest BCUT2D eigenvalue weighted by Crippen LogP contribution is 2.28. The maximum absolute atomic E-state index is 8.88. The summed E-state index contributed by atoms with van der Waals surface area (Å²) in [6.07, 6.45) is 6.93. The number of nitriles is 1. The van der Waals surface area contributed by atoms with Crippen LogP contribution in [0.5, 0.6) is 0 Å². The highest BCUT2D eigenvalue weighted by Gasteiger charge is 2.20. The van der Waals surface area contributed by atoms with Gasteiger partial charge >= 0.3 is 0 Å². The molecule has 17 heavy (non-hydrogen) atoms. The summed E-state index contributed by atoms with van der Waals surface area (Å²) in [7, 11) is 0. The fourth-order valence-electron chi connectivity index (χ4n) is 1.56. The number of ether oxygens (including phenoxy) is 1. The molecule has 1 aliphatic rings. The summed E-state index contributed by atoms with van der Waals surface area (Å²) >= 11 is 0. The van der Waals surface area contributed by atoms with E-state index < -0.39 is 0 Å². The molecule has 1 N–H and O–H groups in total. The summed E-state index contributed by atoms with van der Waals surface area (Å²) in [6, 6.07) is 3.85. The van der Waals surface area contributed by atoms with Gasteiger partial charge in [0.15, 0.2) is 0 Å². The van der Waals surface area contributed by atoms with Gasteiger partial charge in [0.25, 0.3) is 0 Å². The van der Waals surface area contributed by atoms with E-state index >= 15 is 0 Å². The lowest BCUT2D eigenvalue weighted by atomic mass is 10.2. The van der Waals surface area contributed by atoms with E-state index in [0.717, 1.165) is 37.8 Å². The number of aromatic nitrogens is 1. The van der Waals surface area contributed by atoms with Crippen molar-refractivity contribution in [3.05, 3.63) is 24.0 Å². The summed E-state index contributed by atoms with van der Waals surface area (Å²) < 4.78 is 5.53. The van der Waals surface area contributed by atoms with Gasteiger partial charge in [-0.25, -0.2) is 0 Å². The number of pyridine rings is 1. The molecule has 0 atom stereocenters. The Morgan fingerprint density at radius 2 is 2.41 bits per heavy atom. The Hall–Kier alpha value is -1.60. The van der Waals surface area contributed by atoms with Crippen LogP contribution in [-0.2, 0) is 4.74 Å². The van der Waals surface area contributed by atoms with Crippen LogP contribution in [0, 0.1) is 17.2 Å². The van der Waals surface area contributed by atoms with E-state index in [0.29, 0.717) is 5.56 Å². The summed E-state index contributed by atoms with van der Waals surface area (Å²) in [6.45, 7) is 2.51. The standard InChI is InChI=1S/C13H17N3O/c14-8-12-4-6-15-9-13(12)16-5-1-7-17-10-11-2-3-11/h4,6,9,11,16H,1-3,5,7,10H2. The number of anilines is 1. The first kappa shape index (κ1) is 11.9. The van der Waals surface area contributed by atoms with Gasteiger partial charge in [-0.2, -0.15) is 5.26 Å². The van der Waals surface area contributed by atoms with Crippen molar-refractivity contribution in [1.29, 1.82) is 5.26 Å². The summed E-state index contributed by atoms with van der Waals surface area (Å²) in [5.74, 6) is 0.825. The third kappa shape index (κ3) is 4.04. The molecular weight excluding hydrogens is 214 g/mol. The van der Waals surface area contributed by atoms with E-state index in [1.165, 1.54) is 12.8 Å². The Labute approximate surface area is 102 Å². The molecule has 0 amide bonds. The fourth-order valence-corrected chi connectivity index (χ4v) is 1.56. The van der Waals surface area contributed by atoms with Crippen LogP contribution in [0.2, 0.25) is 0 Å². The third-order valence-electron chi connectivity index (χ3n) is 2.77. The van der Waals surface area contributed by atoms with Gasteiger partial charge in [0, 0.05) is 26.0 Å². The number of rotatable bonds is 7. The van der Waals surface area contributed by atoms with Gasteiger partial charge in [-0.1, -0.05) is 0 Å². The van der Waals surface area contributed by atoms with Gasteiger partial charge in [0.2, 0.25) is 0 Å². The first-order valence-electron chi connectivity index (χ1n) is 6.06. The quantitative estimate of drug-likeness (QED) is 0.731. The largest absolute Gasteiger partial charge is 0.383 e. The monoisotopic (exact) mass is 231 g/mol. The molecular formula is C13H17N3O. The minimum absolute atomic E-state index is 0.638. The Morgan fingerprint density at radius 3 is 3.18 bits per heavy atom. The maximum atomic E-state index is 8.88. The van der Waals surface area contributed by atoms with Crippen LogP contribution in [-0.4, -0.2) is 24.7 Å². The van der Waals surface area contributed by atoms with Gasteiger partial charge in [-0.15, -0.1) is 0 Å². The molecule has 2 rings (SSSR count). The SMILES string of the molecule is N#Cc1ccncc1NCCCOCC1CC1. The molecule has 0 aromatic carbocycles. The van der Waals surface area contributed by atoms with Crippen molar-refractivity contribution in [3.8, 4) is 6.07 Å². The number of hydrogen-bond acceptors (Lipinski definition) is 4. The minimum Gasteiger partial charge on any atom is -0.383 e. The fraction of sp³-hybridized carbons (Fsp3) is 0.538. The van der Waals surface area contributed by atoms with Crippen LogP contribution in [0.3, 0.4) is 0 Å². The molecule has 1 heterocycles. The van der Waals surface area contributed by atoms with Gasteiger partial charge in [-0.3, -0.25) is 4.98 Å². The molecule has 1 aromatic rings. The van der Waals surface area contributed by atoms with Crippen molar-refractivity contribution in [2.24, 2.45) is 5.92 Å². The normalized spacial score (nSPS) is 14.3. The molecule has 1 saturated carbocycles. The van der Waals surface area contributed by atoms with Crippen molar-refractivity contribution in [3.63, 3.8) is 0 Å². The van der Waals surface area contributed by atoms with E-state index in [1.54, 1.807) is 18.5 Å². The minimum atomic E-state index is 0.638. The van der Waals surface area contributed by atoms with Crippen LogP contribution in [0.25, 0.3) is 0 Å².